The maximum atomic E-state index is 12.0. The highest BCUT2D eigenvalue weighted by molar-refractivity contribution is 7.99. The van der Waals surface area contributed by atoms with E-state index in [0.29, 0.717) is 5.16 Å². The van der Waals surface area contributed by atoms with E-state index < -0.39 is 54.6 Å². The minimum absolute atomic E-state index is 0.0736. The molecular weight excluding hydrogens is 639 g/mol. The van der Waals surface area contributed by atoms with E-state index in [1.807, 2.05) is 0 Å². The number of thioether (sulfide) groups is 1. The first kappa shape index (κ1) is 33.6. The Balaban J connectivity index is 1.66. The van der Waals surface area contributed by atoms with Crippen molar-refractivity contribution in [3.05, 3.63) is 6.33 Å². The molecule has 0 amide bonds. The highest BCUT2D eigenvalue weighted by Crippen LogP contribution is 2.66. The fraction of sp³-hybridized carbons (Fsp3) is 0.647. The fourth-order valence-electron chi connectivity index (χ4n) is 3.58. The minimum atomic E-state index is -5.73. The van der Waals surface area contributed by atoms with Gasteiger partial charge in [0.15, 0.2) is 22.8 Å². The molecule has 1 aliphatic rings. The molecule has 0 aromatic carbocycles. The van der Waals surface area contributed by atoms with Gasteiger partial charge in [0.2, 0.25) is 0 Å². The van der Waals surface area contributed by atoms with E-state index in [1.165, 1.54) is 22.7 Å². The summed E-state index contributed by atoms with van der Waals surface area (Å²) >= 11 is 6.18. The van der Waals surface area contributed by atoms with E-state index in [0.717, 1.165) is 37.9 Å². The molecular formula is C17H28N5O13P3S2. The average Bonchev–Trinajstić information content (AvgIpc) is 3.36. The van der Waals surface area contributed by atoms with Crippen molar-refractivity contribution in [1.82, 2.24) is 19.5 Å². The van der Waals surface area contributed by atoms with Crippen molar-refractivity contribution in [1.29, 1.82) is 0 Å². The molecule has 40 heavy (non-hydrogen) atoms. The van der Waals surface area contributed by atoms with E-state index in [4.69, 9.17) is 32.5 Å². The smallest absolute Gasteiger partial charge is 0.387 e. The Kier molecular flexibility index (Phi) is 11.8. The number of imidazole rings is 1. The number of nitrogen functional groups attached to an aromatic ring is 1. The van der Waals surface area contributed by atoms with Crippen LogP contribution in [0.25, 0.3) is 11.2 Å². The lowest BCUT2D eigenvalue weighted by Gasteiger charge is -2.19. The Morgan fingerprint density at radius 2 is 1.75 bits per heavy atom. The molecule has 23 heteroatoms. The summed E-state index contributed by atoms with van der Waals surface area (Å²) in [4.78, 5) is 48.9. The van der Waals surface area contributed by atoms with E-state index in [-0.39, 0.29) is 17.0 Å². The highest BCUT2D eigenvalue weighted by atomic mass is 32.2. The number of thiocarbonyl (C=S) groups is 1. The minimum Gasteiger partial charge on any atom is -0.387 e. The number of phosphoric ester groups is 1. The topological polar surface area (TPSA) is 279 Å². The van der Waals surface area contributed by atoms with Crippen LogP contribution in [0, 0.1) is 0 Å². The van der Waals surface area contributed by atoms with Crippen molar-refractivity contribution in [3.8, 4) is 0 Å². The lowest BCUT2D eigenvalue weighted by atomic mass is 10.1. The van der Waals surface area contributed by atoms with Crippen LogP contribution in [-0.2, 0) is 31.6 Å². The summed E-state index contributed by atoms with van der Waals surface area (Å²) < 4.78 is 52.8. The lowest BCUT2D eigenvalue weighted by molar-refractivity contribution is -0.0503. The molecule has 0 aliphatic carbocycles. The van der Waals surface area contributed by atoms with Crippen molar-refractivity contribution >= 4 is 69.8 Å². The number of rotatable bonds is 16. The van der Waals surface area contributed by atoms with Gasteiger partial charge in [-0.3, -0.25) is 9.09 Å². The van der Waals surface area contributed by atoms with Gasteiger partial charge in [-0.15, -0.1) is 0 Å². The van der Waals surface area contributed by atoms with Crippen LogP contribution in [0.15, 0.2) is 11.5 Å². The van der Waals surface area contributed by atoms with Crippen LogP contribution in [0.5, 0.6) is 0 Å². The molecule has 2 unspecified atom stereocenters. The largest absolute Gasteiger partial charge is 0.490 e. The average molecular weight is 667 g/mol. The van der Waals surface area contributed by atoms with Crippen LogP contribution in [0.4, 0.5) is 5.82 Å². The number of unbranched alkanes of at least 4 members (excludes halogenated alkanes) is 4. The van der Waals surface area contributed by atoms with Gasteiger partial charge in [0, 0.05) is 5.75 Å². The Morgan fingerprint density at radius 3 is 2.42 bits per heavy atom. The van der Waals surface area contributed by atoms with E-state index >= 15 is 0 Å². The van der Waals surface area contributed by atoms with E-state index in [2.05, 4.69) is 28.1 Å². The number of phosphoric acid groups is 3. The van der Waals surface area contributed by atoms with Crippen molar-refractivity contribution in [2.24, 2.45) is 0 Å². The Bertz CT molecular complexity index is 1330. The first-order chi connectivity index (χ1) is 18.6. The molecule has 0 radical (unpaired) electrons. The van der Waals surface area contributed by atoms with Crippen molar-refractivity contribution < 1.29 is 61.4 Å². The van der Waals surface area contributed by atoms with Gasteiger partial charge in [0.25, 0.3) is 0 Å². The third kappa shape index (κ3) is 9.55. The zero-order valence-electron chi connectivity index (χ0n) is 20.5. The summed E-state index contributed by atoms with van der Waals surface area (Å²) in [5, 5.41) is 23.1. The van der Waals surface area contributed by atoms with Gasteiger partial charge in [-0.1, -0.05) is 36.8 Å². The summed E-state index contributed by atoms with van der Waals surface area (Å²) in [5.41, 5.74) is 6.41. The second kappa shape index (κ2) is 14.0. The number of nitrogens with two attached hydrogens (primary N) is 1. The second-order valence-corrected chi connectivity index (χ2v) is 14.2. The molecule has 18 nitrogen and oxygen atoms in total. The predicted molar refractivity (Wildman–Crippen MR) is 143 cm³/mol. The normalized spacial score (nSPS) is 24.6. The number of ether oxygens (including phenoxy) is 1. The second-order valence-electron chi connectivity index (χ2n) is 8.37. The molecule has 8 N–H and O–H groups in total. The Labute approximate surface area is 236 Å². The van der Waals surface area contributed by atoms with Crippen LogP contribution in [-0.4, -0.2) is 85.3 Å². The Hall–Kier alpha value is -0.920. The molecule has 0 spiro atoms. The van der Waals surface area contributed by atoms with Crippen LogP contribution in [0.1, 0.15) is 38.3 Å². The predicted octanol–water partition coefficient (Wildman–Crippen LogP) is 1.41. The summed E-state index contributed by atoms with van der Waals surface area (Å²) in [6, 6.07) is 0. The Morgan fingerprint density at radius 1 is 1.05 bits per heavy atom. The monoisotopic (exact) mass is 667 g/mol. The van der Waals surface area contributed by atoms with Crippen molar-refractivity contribution in [2.45, 2.75) is 61.8 Å². The molecule has 226 valence electrons. The summed E-state index contributed by atoms with van der Waals surface area (Å²) in [5.74, 6) is 0.796. The molecule has 2 aromatic rings. The van der Waals surface area contributed by atoms with Crippen LogP contribution < -0.4 is 5.73 Å². The molecule has 1 aliphatic heterocycles. The number of hydrogen-bond donors (Lipinski definition) is 7. The van der Waals surface area contributed by atoms with Crippen LogP contribution >= 0.6 is 47.4 Å². The number of nitrogens with zero attached hydrogens (tertiary/aromatic N) is 4. The summed E-state index contributed by atoms with van der Waals surface area (Å²) in [7, 11) is -16.8. The third-order valence-corrected chi connectivity index (χ3v) is 10.3. The van der Waals surface area contributed by atoms with Crippen LogP contribution in [0.2, 0.25) is 0 Å². The van der Waals surface area contributed by atoms with Crippen molar-refractivity contribution in [3.63, 3.8) is 0 Å². The fourth-order valence-corrected chi connectivity index (χ4v) is 7.62. The molecule has 2 aromatic heterocycles. The molecule has 3 rings (SSSR count). The quantitative estimate of drug-likeness (QED) is 0.0438. The maximum Gasteiger partial charge on any atom is 0.490 e. The van der Waals surface area contributed by atoms with Gasteiger partial charge in [-0.05, 0) is 24.6 Å². The van der Waals surface area contributed by atoms with E-state index in [9.17, 15) is 33.7 Å². The van der Waals surface area contributed by atoms with Gasteiger partial charge in [-0.2, -0.15) is 8.62 Å². The molecule has 1 saturated heterocycles. The van der Waals surface area contributed by atoms with Gasteiger partial charge < -0.3 is 40.3 Å². The zero-order valence-corrected chi connectivity index (χ0v) is 24.8. The highest BCUT2D eigenvalue weighted by Gasteiger charge is 2.47. The standard InChI is InChI=1S/C17H28N5O13P3S2/c18-14-11-15(21-17(20-14)40-7-5-3-1-2-4-6-39)22(9-19-11)16-13(24)12(23)10(33-16)8-32-37(28,29)35-38(30,31)34-36(25,26)27/h6,9-10,12-13,16,23-24H,1-5,7-8H2,(H,28,29)(H,30,31)(H2,18,20,21)(H2,25,26,27)/t10-,12-,13-,16-/m1/s1. The number of aliphatic hydroxyl groups excluding tert-OH is 2. The van der Waals surface area contributed by atoms with E-state index in [1.54, 1.807) is 5.37 Å². The lowest BCUT2D eigenvalue weighted by Crippen LogP contribution is -2.33. The summed E-state index contributed by atoms with van der Waals surface area (Å²) in [6.07, 6.45) is 0.0247. The number of anilines is 1. The van der Waals surface area contributed by atoms with Crippen LogP contribution in [0.3, 0.4) is 0 Å². The number of aliphatic hydroxyl groups is 2. The SMILES string of the molecule is Nc1nc(SCCCCCCC=S)nc2c1ncn2[C@@H]1O[C@H](COP(=O)(O)OP(=O)(O)OP(=O)(O)O)[C@@H](O)[C@H]1O. The van der Waals surface area contributed by atoms with Gasteiger partial charge in [-0.25, -0.2) is 28.6 Å². The zero-order chi connectivity index (χ0) is 29.7. The molecule has 0 saturated carbocycles. The van der Waals surface area contributed by atoms with Crippen molar-refractivity contribution in [2.75, 3.05) is 18.1 Å². The molecule has 6 atom stereocenters. The molecule has 3 heterocycles. The van der Waals surface area contributed by atoms with Gasteiger partial charge in [0.05, 0.1) is 12.9 Å². The third-order valence-electron chi connectivity index (χ3n) is 5.30. The maximum absolute atomic E-state index is 12.0. The number of fused-ring (bicyclic) bond motifs is 1. The van der Waals surface area contributed by atoms with Gasteiger partial charge in [0.1, 0.15) is 23.8 Å². The number of aromatic nitrogens is 4. The number of hydrogen-bond acceptors (Lipinski definition) is 15. The molecule has 0 bridgehead atoms. The van der Waals surface area contributed by atoms with Gasteiger partial charge >= 0.3 is 23.5 Å². The summed E-state index contributed by atoms with van der Waals surface area (Å²) in [6.45, 7) is -0.965. The first-order valence-electron chi connectivity index (χ1n) is 11.5. The first-order valence-corrected chi connectivity index (χ1v) is 17.5. The molecule has 1 fully saturated rings.